The Bertz CT molecular complexity index is 285. The third-order valence-electron chi connectivity index (χ3n) is 2.81. The van der Waals surface area contributed by atoms with Gasteiger partial charge in [-0.05, 0) is 19.4 Å². The third-order valence-corrected chi connectivity index (χ3v) is 3.25. The molecule has 0 aromatic heterocycles. The minimum atomic E-state index is -4.66. The molecule has 0 amide bonds. The van der Waals surface area contributed by atoms with Crippen LogP contribution < -0.4 is 5.73 Å². The predicted octanol–water partition coefficient (Wildman–Crippen LogP) is 2.48. The fourth-order valence-corrected chi connectivity index (χ4v) is 2.19. The Labute approximate surface area is 140 Å². The van der Waals surface area contributed by atoms with E-state index in [1.54, 1.807) is 0 Å². The van der Waals surface area contributed by atoms with E-state index in [2.05, 4.69) is 4.52 Å². The summed E-state index contributed by atoms with van der Waals surface area (Å²) >= 11 is 0. The largest absolute Gasteiger partial charge is 0.526 e. The number of carbonyl (C=O) groups excluding carboxylic acids is 1. The van der Waals surface area contributed by atoms with Gasteiger partial charge < -0.3 is 10.3 Å². The van der Waals surface area contributed by atoms with Crippen molar-refractivity contribution in [2.75, 3.05) is 6.54 Å². The smallest absolute Gasteiger partial charge is 0.371 e. The van der Waals surface area contributed by atoms with Gasteiger partial charge in [-0.2, -0.15) is 0 Å². The molecule has 0 unspecified atom stereocenters. The van der Waals surface area contributed by atoms with Crippen molar-refractivity contribution >= 4 is 13.8 Å². The van der Waals surface area contributed by atoms with Gasteiger partial charge in [0, 0.05) is 32.6 Å². The molecule has 6 nitrogen and oxygen atoms in total. The van der Waals surface area contributed by atoms with E-state index in [0.29, 0.717) is 6.42 Å². The summed E-state index contributed by atoms with van der Waals surface area (Å²) < 4.78 is 14.3. The van der Waals surface area contributed by atoms with Crippen LogP contribution in [0.15, 0.2) is 0 Å². The number of phosphoric acid groups is 1. The van der Waals surface area contributed by atoms with Gasteiger partial charge in [0.25, 0.3) is 0 Å². The molecule has 0 aromatic carbocycles. The third kappa shape index (κ3) is 18.5. The Hall–Kier alpha value is 0.463. The Morgan fingerprint density at radius 2 is 1.30 bits per heavy atom. The second kappa shape index (κ2) is 14.4. The average Bonchev–Trinajstić information content (AvgIpc) is 2.29. The summed E-state index contributed by atoms with van der Waals surface area (Å²) in [5.41, 5.74) is 5.40. The van der Waals surface area contributed by atoms with Crippen LogP contribution in [0.3, 0.4) is 0 Å². The van der Waals surface area contributed by atoms with Crippen LogP contribution in [0.4, 0.5) is 0 Å². The monoisotopic (exact) mass is 385 g/mol. The number of phosphoric ester groups is 1. The number of hydrogen-bond acceptors (Lipinski definition) is 4. The van der Waals surface area contributed by atoms with E-state index in [1.165, 1.54) is 25.7 Å². The summed E-state index contributed by atoms with van der Waals surface area (Å²) in [5.74, 6) is -0.824. The second-order valence-electron chi connectivity index (χ2n) is 4.67. The first kappa shape index (κ1) is 22.7. The molecule has 0 atom stereocenters. The van der Waals surface area contributed by atoms with Gasteiger partial charge in [-0.15, -0.1) is 0 Å². The average molecular weight is 387 g/mol. The van der Waals surface area contributed by atoms with Gasteiger partial charge in [-0.3, -0.25) is 14.6 Å². The zero-order chi connectivity index (χ0) is 14.6. The maximum absolute atomic E-state index is 11.0. The van der Waals surface area contributed by atoms with Crippen LogP contribution in [0.2, 0.25) is 0 Å². The van der Waals surface area contributed by atoms with Crippen LogP contribution >= 0.6 is 7.82 Å². The van der Waals surface area contributed by atoms with Crippen molar-refractivity contribution in [3.63, 3.8) is 0 Å². The number of rotatable bonds is 12. The minimum Gasteiger partial charge on any atom is -0.371 e. The Morgan fingerprint density at radius 3 is 1.70 bits per heavy atom. The van der Waals surface area contributed by atoms with E-state index >= 15 is 0 Å². The standard InChI is InChI=1S/C12H26NO5P.Zr/c13-11-9-7-5-3-1-2-4-6-8-10-12(14)18-19(15,16)17;/h1-11,13H2,(H2,15,16,17);. The molecule has 0 aliphatic rings. The van der Waals surface area contributed by atoms with E-state index < -0.39 is 13.8 Å². The fraction of sp³-hybridized carbons (Fsp3) is 0.917. The first-order valence-electron chi connectivity index (χ1n) is 6.94. The molecule has 20 heavy (non-hydrogen) atoms. The van der Waals surface area contributed by atoms with Gasteiger partial charge in [-0.1, -0.05) is 44.9 Å². The molecule has 0 spiro atoms. The summed E-state index contributed by atoms with van der Waals surface area (Å²) in [6.07, 6.45) is 9.69. The van der Waals surface area contributed by atoms with Gasteiger partial charge in [0.1, 0.15) is 0 Å². The Kier molecular flexibility index (Phi) is 16.4. The van der Waals surface area contributed by atoms with Crippen molar-refractivity contribution in [3.8, 4) is 0 Å². The van der Waals surface area contributed by atoms with Gasteiger partial charge in [0.15, 0.2) is 0 Å². The van der Waals surface area contributed by atoms with E-state index in [0.717, 1.165) is 32.2 Å². The van der Waals surface area contributed by atoms with Crippen molar-refractivity contribution < 1.29 is 49.9 Å². The molecule has 0 fully saturated rings. The Morgan fingerprint density at radius 1 is 0.900 bits per heavy atom. The first-order chi connectivity index (χ1) is 8.95. The molecule has 0 aliphatic carbocycles. The van der Waals surface area contributed by atoms with E-state index in [4.69, 9.17) is 15.5 Å². The van der Waals surface area contributed by atoms with Crippen molar-refractivity contribution in [2.45, 2.75) is 64.2 Å². The maximum Gasteiger partial charge on any atom is 0.526 e. The van der Waals surface area contributed by atoms with Crippen LogP contribution in [0.1, 0.15) is 64.2 Å². The van der Waals surface area contributed by atoms with Crippen molar-refractivity contribution in [2.24, 2.45) is 5.73 Å². The zero-order valence-electron chi connectivity index (χ0n) is 11.9. The molecular weight excluding hydrogens is 360 g/mol. The first-order valence-corrected chi connectivity index (χ1v) is 8.47. The molecule has 0 radical (unpaired) electrons. The van der Waals surface area contributed by atoms with Crippen molar-refractivity contribution in [1.82, 2.24) is 0 Å². The Balaban J connectivity index is 0. The summed E-state index contributed by atoms with van der Waals surface area (Å²) in [5, 5.41) is 0. The predicted molar refractivity (Wildman–Crippen MR) is 73.4 cm³/mol. The summed E-state index contributed by atoms with van der Waals surface area (Å²) in [4.78, 5) is 27.8. The number of nitrogens with two attached hydrogens (primary N) is 1. The quantitative estimate of drug-likeness (QED) is 0.351. The molecule has 0 bridgehead atoms. The van der Waals surface area contributed by atoms with Gasteiger partial charge in [0.05, 0.1) is 0 Å². The van der Waals surface area contributed by atoms with E-state index in [1.807, 2.05) is 0 Å². The molecule has 0 aromatic rings. The molecular formula is C12H26NO5PZr. The molecule has 0 heterocycles. The number of hydrogen-bond donors (Lipinski definition) is 3. The molecule has 0 aliphatic heterocycles. The molecule has 0 saturated heterocycles. The van der Waals surface area contributed by atoms with Gasteiger partial charge in [0.2, 0.25) is 0 Å². The van der Waals surface area contributed by atoms with Gasteiger partial charge in [-0.25, -0.2) is 4.57 Å². The molecule has 8 heteroatoms. The van der Waals surface area contributed by atoms with E-state index in [-0.39, 0.29) is 32.6 Å². The fourth-order valence-electron chi connectivity index (χ4n) is 1.83. The van der Waals surface area contributed by atoms with Crippen LogP contribution in [0, 0.1) is 0 Å². The van der Waals surface area contributed by atoms with Crippen LogP contribution in [0.25, 0.3) is 0 Å². The molecule has 0 saturated carbocycles. The van der Waals surface area contributed by atoms with Crippen LogP contribution in [-0.2, 0) is 40.1 Å². The van der Waals surface area contributed by atoms with Crippen molar-refractivity contribution in [3.05, 3.63) is 0 Å². The number of carbonyl (C=O) groups is 1. The van der Waals surface area contributed by atoms with Crippen LogP contribution in [-0.4, -0.2) is 22.3 Å². The van der Waals surface area contributed by atoms with Crippen molar-refractivity contribution in [1.29, 1.82) is 0 Å². The minimum absolute atomic E-state index is 0. The van der Waals surface area contributed by atoms with E-state index in [9.17, 15) is 9.36 Å². The summed E-state index contributed by atoms with van der Waals surface area (Å²) in [7, 11) is -4.66. The molecule has 4 N–H and O–H groups in total. The SMILES string of the molecule is NCCCCCCCCCCCC(=O)OP(=O)(O)O.[Zr]. The summed E-state index contributed by atoms with van der Waals surface area (Å²) in [6.45, 7) is 0.769. The maximum atomic E-state index is 11.0. The zero-order valence-corrected chi connectivity index (χ0v) is 15.3. The summed E-state index contributed by atoms with van der Waals surface area (Å²) in [6, 6.07) is 0. The normalized spacial score (nSPS) is 10.9. The topological polar surface area (TPSA) is 110 Å². The van der Waals surface area contributed by atoms with Crippen LogP contribution in [0.5, 0.6) is 0 Å². The number of unbranched alkanes of at least 4 members (excludes halogenated alkanes) is 8. The molecule has 118 valence electrons. The molecule has 0 rings (SSSR count). The van der Waals surface area contributed by atoms with Gasteiger partial charge >= 0.3 is 13.8 Å². The second-order valence-corrected chi connectivity index (χ2v) is 5.84.